The van der Waals surface area contributed by atoms with Gasteiger partial charge in [-0.25, -0.2) is 19.4 Å². The van der Waals surface area contributed by atoms with E-state index >= 15 is 0 Å². The highest BCUT2D eigenvalue weighted by Gasteiger charge is 2.26. The van der Waals surface area contributed by atoms with E-state index in [1.165, 1.54) is 0 Å². The fourth-order valence-electron chi connectivity index (χ4n) is 4.77. The van der Waals surface area contributed by atoms with Crippen molar-refractivity contribution in [3.05, 3.63) is 36.2 Å². The second-order valence-electron chi connectivity index (χ2n) is 8.65. The average Bonchev–Trinajstić information content (AvgIpc) is 3.37. The molecule has 5 rings (SSSR count). The highest BCUT2D eigenvalue weighted by Crippen LogP contribution is 2.30. The summed E-state index contributed by atoms with van der Waals surface area (Å²) < 4.78 is 7.95. The lowest BCUT2D eigenvalue weighted by Crippen LogP contribution is -2.32. The maximum Gasteiger partial charge on any atom is 0.404 e. The van der Waals surface area contributed by atoms with Crippen LogP contribution in [0.5, 0.6) is 0 Å². The second-order valence-corrected chi connectivity index (χ2v) is 8.65. The summed E-state index contributed by atoms with van der Waals surface area (Å²) in [6.45, 7) is 2.88. The molecule has 2 fully saturated rings. The van der Waals surface area contributed by atoms with Gasteiger partial charge in [-0.1, -0.05) is 6.07 Å². The molecule has 32 heavy (non-hydrogen) atoms. The zero-order chi connectivity index (χ0) is 22.1. The maximum atomic E-state index is 10.9. The number of nitrogens with one attached hydrogen (secondary N) is 2. The van der Waals surface area contributed by atoms with Gasteiger partial charge in [0.1, 0.15) is 6.23 Å². The number of amides is 1. The van der Waals surface area contributed by atoms with E-state index in [-0.39, 0.29) is 18.3 Å². The van der Waals surface area contributed by atoms with E-state index in [1.807, 2.05) is 22.9 Å². The zero-order valence-electron chi connectivity index (χ0n) is 18.1. The number of nitrogens with zero attached hydrogens (tertiary/aromatic N) is 4. The van der Waals surface area contributed by atoms with Gasteiger partial charge in [0, 0.05) is 41.5 Å². The number of fused-ring (bicyclic) bond motifs is 1. The third-order valence-electron chi connectivity index (χ3n) is 6.42. The van der Waals surface area contributed by atoms with Crippen molar-refractivity contribution in [3.63, 3.8) is 0 Å². The molecule has 0 bridgehead atoms. The van der Waals surface area contributed by atoms with Gasteiger partial charge in [-0.15, -0.1) is 0 Å². The lowest BCUT2D eigenvalue weighted by Gasteiger charge is -2.23. The Bertz CT molecular complexity index is 1120. The van der Waals surface area contributed by atoms with Gasteiger partial charge in [0.15, 0.2) is 0 Å². The van der Waals surface area contributed by atoms with Crippen molar-refractivity contribution in [1.29, 1.82) is 0 Å². The topological polar surface area (TPSA) is 114 Å². The third kappa shape index (κ3) is 4.25. The van der Waals surface area contributed by atoms with Crippen LogP contribution >= 0.6 is 0 Å². The van der Waals surface area contributed by atoms with E-state index in [9.17, 15) is 4.79 Å². The molecular weight excluding hydrogens is 408 g/mol. The Hall–Kier alpha value is -3.20. The first kappa shape index (κ1) is 20.7. The van der Waals surface area contributed by atoms with Gasteiger partial charge in [-0.3, -0.25) is 0 Å². The molecule has 9 nitrogen and oxygen atoms in total. The Balaban J connectivity index is 1.35. The number of carbonyl (C=O) groups is 1. The monoisotopic (exact) mass is 436 g/mol. The van der Waals surface area contributed by atoms with E-state index in [2.05, 4.69) is 28.6 Å². The Kier molecular flexibility index (Phi) is 5.65. The molecule has 1 aromatic carbocycles. The van der Waals surface area contributed by atoms with Crippen molar-refractivity contribution in [2.24, 2.45) is 0 Å². The van der Waals surface area contributed by atoms with Crippen LogP contribution in [0, 0.1) is 6.92 Å². The summed E-state index contributed by atoms with van der Waals surface area (Å²) in [5.41, 5.74) is 3.90. The molecule has 3 aromatic rings. The summed E-state index contributed by atoms with van der Waals surface area (Å²) in [7, 11) is 0. The van der Waals surface area contributed by atoms with Crippen LogP contribution in [0.1, 0.15) is 50.4 Å². The molecule has 1 saturated heterocycles. The molecule has 3 N–H and O–H groups in total. The molecule has 2 aromatic heterocycles. The number of carboxylic acid groups (broad SMARTS) is 1. The summed E-state index contributed by atoms with van der Waals surface area (Å²) >= 11 is 0. The highest BCUT2D eigenvalue weighted by molar-refractivity contribution is 5.86. The molecule has 1 saturated carbocycles. The number of ether oxygens (including phenoxy) is 1. The van der Waals surface area contributed by atoms with Crippen LogP contribution in [0.15, 0.2) is 30.5 Å². The summed E-state index contributed by atoms with van der Waals surface area (Å²) in [4.78, 5) is 19.9. The van der Waals surface area contributed by atoms with E-state index in [0.29, 0.717) is 5.95 Å². The largest absolute Gasteiger partial charge is 0.465 e. The highest BCUT2D eigenvalue weighted by atomic mass is 16.5. The third-order valence-corrected chi connectivity index (χ3v) is 6.42. The minimum Gasteiger partial charge on any atom is -0.465 e. The molecule has 0 radical (unpaired) electrons. The zero-order valence-corrected chi connectivity index (χ0v) is 18.1. The number of hydrogen-bond donors (Lipinski definition) is 3. The molecule has 3 heterocycles. The van der Waals surface area contributed by atoms with Gasteiger partial charge in [0.25, 0.3) is 0 Å². The molecule has 1 aliphatic carbocycles. The minimum absolute atomic E-state index is 0.0142. The molecule has 168 valence electrons. The van der Waals surface area contributed by atoms with Gasteiger partial charge in [-0.2, -0.15) is 5.10 Å². The number of benzene rings is 1. The second kappa shape index (κ2) is 8.74. The smallest absolute Gasteiger partial charge is 0.404 e. The van der Waals surface area contributed by atoms with E-state index in [1.54, 1.807) is 6.20 Å². The number of aryl methyl sites for hydroxylation is 1. The lowest BCUT2D eigenvalue weighted by molar-refractivity contribution is -0.0402. The van der Waals surface area contributed by atoms with E-state index in [4.69, 9.17) is 19.9 Å². The van der Waals surface area contributed by atoms with Crippen LogP contribution in [0.25, 0.3) is 22.2 Å². The Morgan fingerprint density at radius 1 is 1.19 bits per heavy atom. The first-order valence-electron chi connectivity index (χ1n) is 11.3. The van der Waals surface area contributed by atoms with Crippen LogP contribution in [-0.2, 0) is 4.74 Å². The van der Waals surface area contributed by atoms with Crippen LogP contribution < -0.4 is 10.6 Å². The predicted molar refractivity (Wildman–Crippen MR) is 121 cm³/mol. The van der Waals surface area contributed by atoms with Gasteiger partial charge in [0.2, 0.25) is 5.95 Å². The predicted octanol–water partition coefficient (Wildman–Crippen LogP) is 4.10. The molecule has 3 atom stereocenters. The molecule has 1 aliphatic heterocycles. The van der Waals surface area contributed by atoms with Crippen molar-refractivity contribution < 1.29 is 14.6 Å². The summed E-state index contributed by atoms with van der Waals surface area (Å²) in [6, 6.07) is 8.23. The van der Waals surface area contributed by atoms with E-state index < -0.39 is 6.09 Å². The van der Waals surface area contributed by atoms with Crippen LogP contribution in [0.2, 0.25) is 0 Å². The fraction of sp³-hybridized carbons (Fsp3) is 0.478. The Morgan fingerprint density at radius 2 is 2.06 bits per heavy atom. The lowest BCUT2D eigenvalue weighted by atomic mass is 10.1. The molecule has 2 aliphatic rings. The SMILES string of the molecule is Cc1c2cc(-c3ccnc(N[C@H]4CC[C@H](NC(=O)O)C4)n3)ccc2nn1C1CCCCO1. The number of aromatic nitrogens is 4. The van der Waals surface area contributed by atoms with Crippen molar-refractivity contribution >= 4 is 22.9 Å². The van der Waals surface area contributed by atoms with Crippen LogP contribution in [0.3, 0.4) is 0 Å². The van der Waals surface area contributed by atoms with Gasteiger partial charge >= 0.3 is 6.09 Å². The van der Waals surface area contributed by atoms with Crippen molar-refractivity contribution in [3.8, 4) is 11.3 Å². The van der Waals surface area contributed by atoms with Gasteiger partial charge in [-0.05, 0) is 63.6 Å². The average molecular weight is 437 g/mol. The minimum atomic E-state index is -0.974. The molecule has 1 amide bonds. The molecule has 1 unspecified atom stereocenters. The van der Waals surface area contributed by atoms with Crippen molar-refractivity contribution in [2.75, 3.05) is 11.9 Å². The van der Waals surface area contributed by atoms with Crippen molar-refractivity contribution in [1.82, 2.24) is 25.1 Å². The molecular formula is C23H28N6O3. The van der Waals surface area contributed by atoms with Gasteiger partial charge < -0.3 is 20.5 Å². The quantitative estimate of drug-likeness (QED) is 0.552. The molecule has 9 heteroatoms. The number of hydrogen-bond acceptors (Lipinski definition) is 6. The maximum absolute atomic E-state index is 10.9. The first-order valence-corrected chi connectivity index (χ1v) is 11.3. The van der Waals surface area contributed by atoms with E-state index in [0.717, 1.165) is 73.0 Å². The summed E-state index contributed by atoms with van der Waals surface area (Å²) in [6.07, 6.45) is 6.49. The molecule has 0 spiro atoms. The number of anilines is 1. The first-order chi connectivity index (χ1) is 15.6. The van der Waals surface area contributed by atoms with Crippen LogP contribution in [0.4, 0.5) is 10.7 Å². The Labute approximate surface area is 186 Å². The standard InChI is InChI=1S/C23H28N6O3/c1-14-18-12-15(5-8-20(18)28-29(14)21-4-2-3-11-32-21)19-9-10-24-22(27-19)25-16-6-7-17(13-16)26-23(30)31/h5,8-10,12,16-17,21,26H,2-4,6-7,11,13H2,1H3,(H,30,31)(H,24,25,27)/t16-,17-,21?/m0/s1. The fourth-order valence-corrected chi connectivity index (χ4v) is 4.77. The summed E-state index contributed by atoms with van der Waals surface area (Å²) in [5.74, 6) is 0.562. The number of rotatable bonds is 5. The van der Waals surface area contributed by atoms with Crippen molar-refractivity contribution in [2.45, 2.75) is 63.8 Å². The van der Waals surface area contributed by atoms with Gasteiger partial charge in [0.05, 0.1) is 11.2 Å². The summed E-state index contributed by atoms with van der Waals surface area (Å²) in [5, 5.41) is 20.7. The normalized spacial score (nSPS) is 23.3. The van der Waals surface area contributed by atoms with Crippen LogP contribution in [-0.4, -0.2) is 49.6 Å². The Morgan fingerprint density at radius 3 is 2.88 bits per heavy atom.